The zero-order valence-corrected chi connectivity index (χ0v) is 13.4. The van der Waals surface area contributed by atoms with Crippen LogP contribution in [0.3, 0.4) is 0 Å². The Balaban J connectivity index is 2.79. The van der Waals surface area contributed by atoms with Crippen LogP contribution < -0.4 is 15.2 Å². The Labute approximate surface area is 127 Å². The first-order valence-corrected chi connectivity index (χ1v) is 7.62. The fourth-order valence-corrected chi connectivity index (χ4v) is 2.66. The first kappa shape index (κ1) is 17.5. The Morgan fingerprint density at radius 2 is 1.76 bits per heavy atom. The molecule has 0 fully saturated rings. The van der Waals surface area contributed by atoms with Gasteiger partial charge in [-0.1, -0.05) is 25.8 Å². The normalized spacial score (nSPS) is 12.0. The maximum atomic E-state index is 12.5. The Morgan fingerprint density at radius 1 is 1.14 bits per heavy atom. The van der Waals surface area contributed by atoms with Crippen molar-refractivity contribution in [2.24, 2.45) is 11.7 Å². The molecule has 1 aromatic carbocycles. The highest BCUT2D eigenvalue weighted by atomic mass is 16.5. The van der Waals surface area contributed by atoms with Crippen LogP contribution in [0.4, 0.5) is 0 Å². The summed E-state index contributed by atoms with van der Waals surface area (Å²) in [7, 11) is 3.14. The number of Topliss-reactive ketones (excluding diaryl/α,β-unsaturated/α-hetero) is 1. The van der Waals surface area contributed by atoms with Crippen molar-refractivity contribution in [2.75, 3.05) is 20.8 Å². The van der Waals surface area contributed by atoms with Gasteiger partial charge in [0.2, 0.25) is 0 Å². The second-order valence-electron chi connectivity index (χ2n) is 5.23. The predicted octanol–water partition coefficient (Wildman–Crippen LogP) is 3.43. The molecule has 0 aliphatic rings. The molecule has 0 spiro atoms. The highest BCUT2D eigenvalue weighted by Crippen LogP contribution is 2.30. The summed E-state index contributed by atoms with van der Waals surface area (Å²) in [5, 5.41) is 0. The number of hydrogen-bond acceptors (Lipinski definition) is 4. The summed E-state index contributed by atoms with van der Waals surface area (Å²) in [6.45, 7) is 2.84. The van der Waals surface area contributed by atoms with E-state index in [-0.39, 0.29) is 5.78 Å². The SMILES string of the molecule is CCCC(CCN)CCC(=O)c1c(OC)cccc1OC. The van der Waals surface area contributed by atoms with E-state index in [0.29, 0.717) is 35.9 Å². The molecule has 0 bridgehead atoms. The summed E-state index contributed by atoms with van der Waals surface area (Å²) in [4.78, 5) is 12.5. The summed E-state index contributed by atoms with van der Waals surface area (Å²) in [6, 6.07) is 5.40. The number of hydrogen-bond donors (Lipinski definition) is 1. The fraction of sp³-hybridized carbons (Fsp3) is 0.588. The molecule has 0 radical (unpaired) electrons. The van der Waals surface area contributed by atoms with E-state index in [4.69, 9.17) is 15.2 Å². The topological polar surface area (TPSA) is 61.6 Å². The number of methoxy groups -OCH3 is 2. The van der Waals surface area contributed by atoms with Crippen LogP contribution >= 0.6 is 0 Å². The van der Waals surface area contributed by atoms with Crippen molar-refractivity contribution in [1.29, 1.82) is 0 Å². The highest BCUT2D eigenvalue weighted by molar-refractivity contribution is 6.01. The lowest BCUT2D eigenvalue weighted by molar-refractivity contribution is 0.0966. The first-order valence-electron chi connectivity index (χ1n) is 7.62. The van der Waals surface area contributed by atoms with Crippen molar-refractivity contribution >= 4 is 5.78 Å². The number of carbonyl (C=O) groups is 1. The molecule has 0 aliphatic carbocycles. The van der Waals surface area contributed by atoms with Gasteiger partial charge in [0, 0.05) is 6.42 Å². The van der Waals surface area contributed by atoms with Crippen LogP contribution in [0.1, 0.15) is 49.4 Å². The van der Waals surface area contributed by atoms with Crippen molar-refractivity contribution in [3.8, 4) is 11.5 Å². The van der Waals surface area contributed by atoms with Crippen molar-refractivity contribution in [3.05, 3.63) is 23.8 Å². The molecule has 0 amide bonds. The van der Waals surface area contributed by atoms with E-state index in [1.807, 2.05) is 6.07 Å². The Bertz CT molecular complexity index is 417. The standard InChI is InChI=1S/C17H27NO3/c1-4-6-13(11-12-18)9-10-14(19)17-15(20-2)7-5-8-16(17)21-3/h5,7-8,13H,4,6,9-12,18H2,1-3H3. The molecule has 2 N–H and O–H groups in total. The Morgan fingerprint density at radius 3 is 2.24 bits per heavy atom. The molecule has 4 heteroatoms. The van der Waals surface area contributed by atoms with Crippen molar-refractivity contribution in [2.45, 2.75) is 39.0 Å². The minimum absolute atomic E-state index is 0.0717. The minimum atomic E-state index is 0.0717. The third-order valence-electron chi connectivity index (χ3n) is 3.76. The van der Waals surface area contributed by atoms with Gasteiger partial charge >= 0.3 is 0 Å². The molecule has 1 atom stereocenters. The molecular weight excluding hydrogens is 266 g/mol. The van der Waals surface area contributed by atoms with Gasteiger partial charge in [-0.2, -0.15) is 0 Å². The molecule has 118 valence electrons. The van der Waals surface area contributed by atoms with Gasteiger partial charge < -0.3 is 15.2 Å². The van der Waals surface area contributed by atoms with Crippen LogP contribution in [0.5, 0.6) is 11.5 Å². The number of nitrogens with two attached hydrogens (primary N) is 1. The number of ketones is 1. The van der Waals surface area contributed by atoms with Crippen molar-refractivity contribution in [1.82, 2.24) is 0 Å². The monoisotopic (exact) mass is 293 g/mol. The number of carbonyl (C=O) groups excluding carboxylic acids is 1. The molecule has 1 rings (SSSR count). The minimum Gasteiger partial charge on any atom is -0.496 e. The van der Waals surface area contributed by atoms with Gasteiger partial charge in [-0.3, -0.25) is 4.79 Å². The van der Waals surface area contributed by atoms with E-state index in [9.17, 15) is 4.79 Å². The van der Waals surface area contributed by atoms with Crippen LogP contribution in [-0.2, 0) is 0 Å². The highest BCUT2D eigenvalue weighted by Gasteiger charge is 2.19. The summed E-state index contributed by atoms with van der Waals surface area (Å²) in [5.74, 6) is 1.74. The summed E-state index contributed by atoms with van der Waals surface area (Å²) >= 11 is 0. The van der Waals surface area contributed by atoms with Crippen molar-refractivity contribution in [3.63, 3.8) is 0 Å². The van der Waals surface area contributed by atoms with Gasteiger partial charge in [-0.05, 0) is 37.4 Å². The zero-order valence-electron chi connectivity index (χ0n) is 13.4. The van der Waals surface area contributed by atoms with Crippen LogP contribution in [0.15, 0.2) is 18.2 Å². The summed E-state index contributed by atoms with van der Waals surface area (Å²) in [5.41, 5.74) is 6.19. The lowest BCUT2D eigenvalue weighted by atomic mass is 9.92. The van der Waals surface area contributed by atoms with Gasteiger partial charge in [0.05, 0.1) is 14.2 Å². The summed E-state index contributed by atoms with van der Waals surface area (Å²) < 4.78 is 10.6. The van der Waals surface area contributed by atoms with E-state index < -0.39 is 0 Å². The molecule has 4 nitrogen and oxygen atoms in total. The molecule has 21 heavy (non-hydrogen) atoms. The molecule has 0 aromatic heterocycles. The lowest BCUT2D eigenvalue weighted by Gasteiger charge is -2.16. The number of rotatable bonds is 10. The number of ether oxygens (including phenoxy) is 2. The van der Waals surface area contributed by atoms with Gasteiger partial charge in [-0.25, -0.2) is 0 Å². The smallest absolute Gasteiger partial charge is 0.170 e. The molecule has 0 saturated heterocycles. The molecule has 0 heterocycles. The Hall–Kier alpha value is -1.55. The number of benzene rings is 1. The largest absolute Gasteiger partial charge is 0.496 e. The molecular formula is C17H27NO3. The second kappa shape index (κ2) is 9.40. The zero-order chi connectivity index (χ0) is 15.7. The average Bonchev–Trinajstić information content (AvgIpc) is 2.51. The molecule has 0 saturated carbocycles. The van der Waals surface area contributed by atoms with E-state index in [1.54, 1.807) is 26.4 Å². The van der Waals surface area contributed by atoms with Gasteiger partial charge in [0.1, 0.15) is 17.1 Å². The van der Waals surface area contributed by atoms with Gasteiger partial charge in [-0.15, -0.1) is 0 Å². The lowest BCUT2D eigenvalue weighted by Crippen LogP contribution is -2.12. The maximum absolute atomic E-state index is 12.5. The van der Waals surface area contributed by atoms with E-state index in [1.165, 1.54) is 0 Å². The van der Waals surface area contributed by atoms with Crippen molar-refractivity contribution < 1.29 is 14.3 Å². The fourth-order valence-electron chi connectivity index (χ4n) is 2.66. The van der Waals surface area contributed by atoms with E-state index in [0.717, 1.165) is 25.7 Å². The average molecular weight is 293 g/mol. The molecule has 1 aromatic rings. The van der Waals surface area contributed by atoms with Gasteiger partial charge in [0.15, 0.2) is 5.78 Å². The van der Waals surface area contributed by atoms with E-state index >= 15 is 0 Å². The maximum Gasteiger partial charge on any atom is 0.170 e. The summed E-state index contributed by atoms with van der Waals surface area (Å²) in [6.07, 6.45) is 4.58. The third-order valence-corrected chi connectivity index (χ3v) is 3.76. The molecule has 1 unspecified atom stereocenters. The van der Waals surface area contributed by atoms with Crippen LogP contribution in [0.2, 0.25) is 0 Å². The quantitative estimate of drug-likeness (QED) is 0.671. The first-order chi connectivity index (χ1) is 10.2. The van der Waals surface area contributed by atoms with Crippen LogP contribution in [0.25, 0.3) is 0 Å². The van der Waals surface area contributed by atoms with E-state index in [2.05, 4.69) is 6.92 Å². The van der Waals surface area contributed by atoms with Crippen LogP contribution in [-0.4, -0.2) is 26.5 Å². The second-order valence-corrected chi connectivity index (χ2v) is 5.23. The predicted molar refractivity (Wildman–Crippen MR) is 85.2 cm³/mol. The van der Waals surface area contributed by atoms with Gasteiger partial charge in [0.25, 0.3) is 0 Å². The van der Waals surface area contributed by atoms with Crippen LogP contribution in [0, 0.1) is 5.92 Å². The Kier molecular flexibility index (Phi) is 7.83. The third kappa shape index (κ3) is 5.05. The molecule has 0 aliphatic heterocycles.